The molecule has 0 aromatic heterocycles. The summed E-state index contributed by atoms with van der Waals surface area (Å²) in [6.07, 6.45) is 2.35. The summed E-state index contributed by atoms with van der Waals surface area (Å²) < 4.78 is 6.14. The fourth-order valence-corrected chi connectivity index (χ4v) is 3.06. The van der Waals surface area contributed by atoms with Crippen molar-refractivity contribution in [1.82, 2.24) is 4.90 Å². The molecule has 4 nitrogen and oxygen atoms in total. The van der Waals surface area contributed by atoms with Crippen LogP contribution < -0.4 is 10.7 Å². The standard InChI is InChI=1S/C18H32N2O2S/c1-6-9-20(10-7-2)11-13-22-12-8-19-15-14(18(3,4)5)16(21)17(15)23/h19H,6-13H2,1-5H3. The van der Waals surface area contributed by atoms with Gasteiger partial charge in [-0.1, -0.05) is 46.8 Å². The molecular formula is C18H32N2O2S. The molecule has 0 aliphatic heterocycles. The molecule has 0 saturated heterocycles. The summed E-state index contributed by atoms with van der Waals surface area (Å²) in [6.45, 7) is 15.8. The summed E-state index contributed by atoms with van der Waals surface area (Å²) in [6, 6.07) is 0. The van der Waals surface area contributed by atoms with Crippen LogP contribution in [-0.4, -0.2) is 44.3 Å². The first-order chi connectivity index (χ1) is 10.8. The molecule has 0 aliphatic rings. The van der Waals surface area contributed by atoms with Crippen molar-refractivity contribution in [2.45, 2.75) is 52.9 Å². The van der Waals surface area contributed by atoms with E-state index in [1.165, 1.54) is 12.8 Å². The van der Waals surface area contributed by atoms with Gasteiger partial charge in [0.25, 0.3) is 0 Å². The molecule has 0 aliphatic carbocycles. The van der Waals surface area contributed by atoms with Crippen LogP contribution in [0, 0.1) is 4.51 Å². The Morgan fingerprint density at radius 1 is 1.09 bits per heavy atom. The van der Waals surface area contributed by atoms with Crippen molar-refractivity contribution in [3.8, 4) is 0 Å². The third-order valence-electron chi connectivity index (χ3n) is 3.84. The highest BCUT2D eigenvalue weighted by Gasteiger charge is 2.27. The van der Waals surface area contributed by atoms with Gasteiger partial charge in [-0.2, -0.15) is 0 Å². The van der Waals surface area contributed by atoms with Crippen LogP contribution in [-0.2, 0) is 10.2 Å². The molecule has 1 N–H and O–H groups in total. The lowest BCUT2D eigenvalue weighted by molar-refractivity contribution is 0.111. The summed E-state index contributed by atoms with van der Waals surface area (Å²) in [5, 5.41) is 3.27. The second kappa shape index (κ2) is 9.50. The fourth-order valence-electron chi connectivity index (χ4n) is 2.79. The zero-order valence-electron chi connectivity index (χ0n) is 15.3. The minimum atomic E-state index is -0.163. The van der Waals surface area contributed by atoms with Gasteiger partial charge in [0.15, 0.2) is 0 Å². The molecule has 0 unspecified atom stereocenters. The van der Waals surface area contributed by atoms with E-state index in [0.717, 1.165) is 37.5 Å². The van der Waals surface area contributed by atoms with Crippen LogP contribution in [0.2, 0.25) is 0 Å². The second-order valence-corrected chi connectivity index (χ2v) is 7.45. The summed E-state index contributed by atoms with van der Waals surface area (Å²) in [5.41, 5.74) is 1.52. The third-order valence-corrected chi connectivity index (χ3v) is 4.23. The van der Waals surface area contributed by atoms with Crippen LogP contribution in [0.4, 0.5) is 5.69 Å². The molecule has 132 valence electrons. The molecule has 1 rings (SSSR count). The maximum Gasteiger partial charge on any atom is 0.204 e. The van der Waals surface area contributed by atoms with E-state index in [2.05, 4.69) is 24.1 Å². The van der Waals surface area contributed by atoms with Gasteiger partial charge in [-0.25, -0.2) is 0 Å². The lowest BCUT2D eigenvalue weighted by Gasteiger charge is -2.25. The molecule has 0 heterocycles. The Morgan fingerprint density at radius 3 is 2.22 bits per heavy atom. The van der Waals surface area contributed by atoms with Gasteiger partial charge >= 0.3 is 0 Å². The monoisotopic (exact) mass is 340 g/mol. The highest BCUT2D eigenvalue weighted by atomic mass is 32.1. The number of ether oxygens (including phenoxy) is 1. The fraction of sp³-hybridized carbons (Fsp3) is 0.778. The Balaban J connectivity index is 2.30. The first-order valence-electron chi connectivity index (χ1n) is 8.70. The van der Waals surface area contributed by atoms with Gasteiger partial charge in [-0.05, 0) is 31.3 Å². The van der Waals surface area contributed by atoms with Crippen molar-refractivity contribution < 1.29 is 4.74 Å². The highest BCUT2D eigenvalue weighted by Crippen LogP contribution is 2.29. The van der Waals surface area contributed by atoms with Crippen molar-refractivity contribution in [2.75, 3.05) is 44.7 Å². The van der Waals surface area contributed by atoms with Gasteiger partial charge in [0, 0.05) is 18.7 Å². The Morgan fingerprint density at radius 2 is 1.70 bits per heavy atom. The van der Waals surface area contributed by atoms with Crippen LogP contribution in [0.25, 0.3) is 0 Å². The summed E-state index contributed by atoms with van der Waals surface area (Å²) in [4.78, 5) is 14.3. The minimum absolute atomic E-state index is 0.0192. The molecule has 0 fully saturated rings. The molecule has 23 heavy (non-hydrogen) atoms. The largest absolute Gasteiger partial charge is 0.381 e. The molecule has 0 bridgehead atoms. The Bertz CT molecular complexity index is 536. The van der Waals surface area contributed by atoms with E-state index in [9.17, 15) is 4.79 Å². The zero-order chi connectivity index (χ0) is 17.5. The maximum absolute atomic E-state index is 11.9. The average molecular weight is 341 g/mol. The first-order valence-corrected chi connectivity index (χ1v) is 9.11. The highest BCUT2D eigenvalue weighted by molar-refractivity contribution is 7.71. The predicted molar refractivity (Wildman–Crippen MR) is 101 cm³/mol. The minimum Gasteiger partial charge on any atom is -0.381 e. The van der Waals surface area contributed by atoms with Crippen LogP contribution in [0.3, 0.4) is 0 Å². The van der Waals surface area contributed by atoms with E-state index < -0.39 is 0 Å². The Kier molecular flexibility index (Phi) is 8.37. The smallest absolute Gasteiger partial charge is 0.204 e. The topological polar surface area (TPSA) is 41.6 Å². The van der Waals surface area contributed by atoms with Crippen molar-refractivity contribution >= 4 is 17.9 Å². The van der Waals surface area contributed by atoms with Crippen LogP contribution in [0.15, 0.2) is 4.79 Å². The first kappa shape index (κ1) is 20.3. The van der Waals surface area contributed by atoms with Gasteiger partial charge in [-0.15, -0.1) is 0 Å². The normalized spacial score (nSPS) is 12.3. The van der Waals surface area contributed by atoms with Crippen molar-refractivity contribution in [2.24, 2.45) is 0 Å². The van der Waals surface area contributed by atoms with Crippen LogP contribution in [0.1, 0.15) is 53.0 Å². The number of anilines is 1. The number of rotatable bonds is 11. The molecule has 0 spiro atoms. The molecule has 0 saturated carbocycles. The SMILES string of the molecule is CCCN(CCC)CCOCCNc1c(C(C)(C)C)c(=O)c1=S. The van der Waals surface area contributed by atoms with Gasteiger partial charge in [0.05, 0.1) is 18.9 Å². The van der Waals surface area contributed by atoms with E-state index in [1.54, 1.807) is 0 Å². The number of nitrogens with one attached hydrogen (secondary N) is 1. The lowest BCUT2D eigenvalue weighted by Crippen LogP contribution is -2.32. The molecule has 1 aromatic carbocycles. The molecule has 0 amide bonds. The number of hydrogen-bond donors (Lipinski definition) is 1. The lowest BCUT2D eigenvalue weighted by atomic mass is 9.83. The summed E-state index contributed by atoms with van der Waals surface area (Å²) >= 11 is 5.15. The third kappa shape index (κ3) is 5.98. The quantitative estimate of drug-likeness (QED) is 0.493. The molecular weight excluding hydrogens is 308 g/mol. The van der Waals surface area contributed by atoms with Crippen LogP contribution in [0.5, 0.6) is 0 Å². The van der Waals surface area contributed by atoms with Crippen molar-refractivity contribution in [3.63, 3.8) is 0 Å². The van der Waals surface area contributed by atoms with Crippen molar-refractivity contribution in [1.29, 1.82) is 0 Å². The van der Waals surface area contributed by atoms with E-state index in [-0.39, 0.29) is 10.8 Å². The predicted octanol–water partition coefficient (Wildman–Crippen LogP) is 3.50. The average Bonchev–Trinajstić information content (AvgIpc) is 2.47. The van der Waals surface area contributed by atoms with E-state index >= 15 is 0 Å². The van der Waals surface area contributed by atoms with Gasteiger partial charge in [-0.3, -0.25) is 4.79 Å². The number of nitrogens with zero attached hydrogens (tertiary/aromatic N) is 1. The van der Waals surface area contributed by atoms with E-state index in [1.807, 2.05) is 20.8 Å². The zero-order valence-corrected chi connectivity index (χ0v) is 16.1. The molecule has 1 aromatic rings. The van der Waals surface area contributed by atoms with Crippen LogP contribution >= 0.6 is 12.2 Å². The van der Waals surface area contributed by atoms with Crippen molar-refractivity contribution in [3.05, 3.63) is 20.3 Å². The second-order valence-electron chi connectivity index (χ2n) is 7.04. The maximum atomic E-state index is 11.9. The molecule has 0 radical (unpaired) electrons. The van der Waals surface area contributed by atoms with Gasteiger partial charge < -0.3 is 15.0 Å². The van der Waals surface area contributed by atoms with Gasteiger partial charge in [0.1, 0.15) is 4.51 Å². The Labute approximate surface area is 145 Å². The van der Waals surface area contributed by atoms with Gasteiger partial charge in [0.2, 0.25) is 5.43 Å². The van der Waals surface area contributed by atoms with E-state index in [4.69, 9.17) is 17.0 Å². The van der Waals surface area contributed by atoms with E-state index in [0.29, 0.717) is 17.7 Å². The summed E-state index contributed by atoms with van der Waals surface area (Å²) in [5.74, 6) is 0. The Hall–Kier alpha value is -0.780. The molecule has 0 atom stereocenters. The summed E-state index contributed by atoms with van der Waals surface area (Å²) in [7, 11) is 0. The number of hydrogen-bond acceptors (Lipinski definition) is 5. The molecule has 5 heteroatoms.